The number of carbonyl (C=O) groups excluding carboxylic acids is 1. The third kappa shape index (κ3) is 3.30. The molecule has 1 aliphatic heterocycles. The second kappa shape index (κ2) is 5.49. The molecule has 1 heterocycles. The van der Waals surface area contributed by atoms with Crippen LogP contribution in [0.15, 0.2) is 35.2 Å². The van der Waals surface area contributed by atoms with Crippen LogP contribution in [0.1, 0.15) is 19.3 Å². The zero-order valence-corrected chi connectivity index (χ0v) is 10.7. The minimum absolute atomic E-state index is 0.0935. The minimum Gasteiger partial charge on any atom is -0.313 e. The molecule has 1 aromatic carbocycles. The van der Waals surface area contributed by atoms with Gasteiger partial charge in [0.1, 0.15) is 0 Å². The fraction of sp³-hybridized carbons (Fsp3) is 0.417. The van der Waals surface area contributed by atoms with Gasteiger partial charge in [-0.15, -0.1) is 0 Å². The molecule has 0 radical (unpaired) electrons. The summed E-state index contributed by atoms with van der Waals surface area (Å²) in [5, 5.41) is 3.16. The first-order chi connectivity index (χ1) is 8.58. The van der Waals surface area contributed by atoms with Crippen LogP contribution in [0, 0.1) is 0 Å². The second-order valence-electron chi connectivity index (χ2n) is 4.34. The van der Waals surface area contributed by atoms with Crippen molar-refractivity contribution in [1.29, 1.82) is 0 Å². The lowest BCUT2D eigenvalue weighted by Gasteiger charge is -2.10. The van der Waals surface area contributed by atoms with Crippen molar-refractivity contribution in [3.63, 3.8) is 0 Å². The van der Waals surface area contributed by atoms with E-state index in [0.717, 1.165) is 19.4 Å². The van der Waals surface area contributed by atoms with Crippen LogP contribution in [-0.4, -0.2) is 26.9 Å². The number of rotatable bonds is 4. The van der Waals surface area contributed by atoms with Gasteiger partial charge >= 0.3 is 0 Å². The van der Waals surface area contributed by atoms with Gasteiger partial charge in [0.15, 0.2) is 0 Å². The summed E-state index contributed by atoms with van der Waals surface area (Å²) in [6.07, 6.45) is 2.15. The summed E-state index contributed by atoms with van der Waals surface area (Å²) in [5.74, 6) is -0.460. The minimum atomic E-state index is -3.73. The molecular formula is C12H16N2O3S. The van der Waals surface area contributed by atoms with Crippen LogP contribution in [0.4, 0.5) is 0 Å². The Morgan fingerprint density at radius 1 is 1.33 bits per heavy atom. The predicted octanol–water partition coefficient (Wildman–Crippen LogP) is 0.634. The Balaban J connectivity index is 1.98. The van der Waals surface area contributed by atoms with E-state index < -0.39 is 15.9 Å². The molecule has 0 spiro atoms. The Hall–Kier alpha value is -1.40. The standard InChI is InChI=1S/C12H16N2O3S/c15-12(9-10-5-4-8-13-10)14-18(16,17)11-6-2-1-3-7-11/h1-3,6-7,10,13H,4-5,8-9H2,(H,14,15). The number of nitrogens with one attached hydrogen (secondary N) is 2. The van der Waals surface area contributed by atoms with Crippen molar-refractivity contribution >= 4 is 15.9 Å². The molecule has 1 aromatic rings. The molecule has 0 saturated carbocycles. The fourth-order valence-corrected chi connectivity index (χ4v) is 3.02. The first-order valence-electron chi connectivity index (χ1n) is 5.92. The van der Waals surface area contributed by atoms with Crippen LogP contribution < -0.4 is 10.0 Å². The van der Waals surface area contributed by atoms with Gasteiger partial charge in [-0.3, -0.25) is 4.79 Å². The summed E-state index contributed by atoms with van der Waals surface area (Å²) in [5.41, 5.74) is 0. The molecule has 18 heavy (non-hydrogen) atoms. The number of hydrogen-bond donors (Lipinski definition) is 2. The largest absolute Gasteiger partial charge is 0.313 e. The Bertz CT molecular complexity index is 507. The zero-order valence-electron chi connectivity index (χ0n) is 9.93. The van der Waals surface area contributed by atoms with Gasteiger partial charge in [-0.05, 0) is 31.5 Å². The molecule has 5 nitrogen and oxygen atoms in total. The lowest BCUT2D eigenvalue weighted by molar-refractivity contribution is -0.119. The molecule has 1 amide bonds. The van der Waals surface area contributed by atoms with Gasteiger partial charge in [0.2, 0.25) is 5.91 Å². The van der Waals surface area contributed by atoms with Crippen molar-refractivity contribution in [3.05, 3.63) is 30.3 Å². The van der Waals surface area contributed by atoms with E-state index in [0.29, 0.717) is 0 Å². The van der Waals surface area contributed by atoms with Crippen LogP contribution in [0.25, 0.3) is 0 Å². The molecular weight excluding hydrogens is 252 g/mol. The van der Waals surface area contributed by atoms with Gasteiger partial charge in [-0.25, -0.2) is 13.1 Å². The normalized spacial score (nSPS) is 19.7. The van der Waals surface area contributed by atoms with E-state index in [1.54, 1.807) is 18.2 Å². The van der Waals surface area contributed by atoms with Crippen LogP contribution in [0.2, 0.25) is 0 Å². The lowest BCUT2D eigenvalue weighted by Crippen LogP contribution is -2.35. The molecule has 1 fully saturated rings. The smallest absolute Gasteiger partial charge is 0.264 e. The average molecular weight is 268 g/mol. The van der Waals surface area contributed by atoms with Crippen LogP contribution >= 0.6 is 0 Å². The van der Waals surface area contributed by atoms with E-state index in [1.165, 1.54) is 12.1 Å². The van der Waals surface area contributed by atoms with Crippen LogP contribution in [0.3, 0.4) is 0 Å². The van der Waals surface area contributed by atoms with Crippen molar-refractivity contribution in [1.82, 2.24) is 10.0 Å². The van der Waals surface area contributed by atoms with E-state index in [1.807, 2.05) is 0 Å². The SMILES string of the molecule is O=C(CC1CCCN1)NS(=O)(=O)c1ccccc1. The Morgan fingerprint density at radius 2 is 2.06 bits per heavy atom. The van der Waals surface area contributed by atoms with E-state index in [-0.39, 0.29) is 17.4 Å². The molecule has 6 heteroatoms. The predicted molar refractivity (Wildman–Crippen MR) is 67.4 cm³/mol. The van der Waals surface area contributed by atoms with Crippen LogP contribution in [0.5, 0.6) is 0 Å². The molecule has 1 saturated heterocycles. The van der Waals surface area contributed by atoms with Crippen molar-refractivity contribution in [2.75, 3.05) is 6.54 Å². The van der Waals surface area contributed by atoms with E-state index in [2.05, 4.69) is 10.0 Å². The first kappa shape index (κ1) is 13.0. The molecule has 1 atom stereocenters. The van der Waals surface area contributed by atoms with Crippen LogP contribution in [-0.2, 0) is 14.8 Å². The monoisotopic (exact) mass is 268 g/mol. The molecule has 2 rings (SSSR count). The van der Waals surface area contributed by atoms with Crippen molar-refractivity contribution in [2.24, 2.45) is 0 Å². The van der Waals surface area contributed by atoms with E-state index in [4.69, 9.17) is 0 Å². The van der Waals surface area contributed by atoms with Crippen molar-refractivity contribution in [2.45, 2.75) is 30.2 Å². The number of sulfonamides is 1. The van der Waals surface area contributed by atoms with Gasteiger partial charge in [-0.2, -0.15) is 0 Å². The maximum Gasteiger partial charge on any atom is 0.264 e. The first-order valence-corrected chi connectivity index (χ1v) is 7.40. The van der Waals surface area contributed by atoms with Crippen molar-refractivity contribution < 1.29 is 13.2 Å². The Labute approximate surface area is 107 Å². The Morgan fingerprint density at radius 3 is 2.67 bits per heavy atom. The number of carbonyl (C=O) groups is 1. The van der Waals surface area contributed by atoms with Crippen molar-refractivity contribution in [3.8, 4) is 0 Å². The highest BCUT2D eigenvalue weighted by atomic mass is 32.2. The number of amides is 1. The highest BCUT2D eigenvalue weighted by molar-refractivity contribution is 7.90. The molecule has 0 aromatic heterocycles. The quantitative estimate of drug-likeness (QED) is 0.840. The number of benzene rings is 1. The molecule has 1 unspecified atom stereocenters. The van der Waals surface area contributed by atoms with E-state index >= 15 is 0 Å². The highest BCUT2D eigenvalue weighted by Crippen LogP contribution is 2.11. The zero-order chi connectivity index (χ0) is 13.0. The molecule has 0 bridgehead atoms. The molecule has 98 valence electrons. The summed E-state index contributed by atoms with van der Waals surface area (Å²) < 4.78 is 25.8. The van der Waals surface area contributed by atoms with E-state index in [9.17, 15) is 13.2 Å². The second-order valence-corrected chi connectivity index (χ2v) is 6.02. The highest BCUT2D eigenvalue weighted by Gasteiger charge is 2.22. The average Bonchev–Trinajstić information content (AvgIpc) is 2.82. The van der Waals surface area contributed by atoms with Gasteiger partial charge < -0.3 is 5.32 Å². The molecule has 1 aliphatic rings. The maximum absolute atomic E-state index is 11.9. The molecule has 2 N–H and O–H groups in total. The summed E-state index contributed by atoms with van der Waals surface area (Å²) in [4.78, 5) is 11.8. The Kier molecular flexibility index (Phi) is 3.98. The summed E-state index contributed by atoms with van der Waals surface area (Å²) in [6.45, 7) is 0.892. The summed E-state index contributed by atoms with van der Waals surface area (Å²) in [7, 11) is -3.73. The summed E-state index contributed by atoms with van der Waals surface area (Å²) >= 11 is 0. The van der Waals surface area contributed by atoms with Gasteiger partial charge in [0.05, 0.1) is 4.90 Å². The summed E-state index contributed by atoms with van der Waals surface area (Å²) in [6, 6.07) is 7.99. The van der Waals surface area contributed by atoms with Gasteiger partial charge in [-0.1, -0.05) is 18.2 Å². The lowest BCUT2D eigenvalue weighted by atomic mass is 10.1. The topological polar surface area (TPSA) is 75.3 Å². The fourth-order valence-electron chi connectivity index (χ4n) is 2.00. The number of hydrogen-bond acceptors (Lipinski definition) is 4. The maximum atomic E-state index is 11.9. The van der Waals surface area contributed by atoms with Gasteiger partial charge in [0.25, 0.3) is 10.0 Å². The molecule has 0 aliphatic carbocycles. The third-order valence-electron chi connectivity index (χ3n) is 2.90. The van der Waals surface area contributed by atoms with Gasteiger partial charge in [0, 0.05) is 12.5 Å². The third-order valence-corrected chi connectivity index (χ3v) is 4.29.